The summed E-state index contributed by atoms with van der Waals surface area (Å²) in [6, 6.07) is 18.7. The maximum absolute atomic E-state index is 13.2. The third-order valence-electron chi connectivity index (χ3n) is 6.32. The number of nitrogens with zero attached hydrogens (tertiary/aromatic N) is 3. The van der Waals surface area contributed by atoms with Crippen LogP contribution in [0.3, 0.4) is 0 Å². The number of rotatable bonds is 5. The summed E-state index contributed by atoms with van der Waals surface area (Å²) in [6.07, 6.45) is 4.06. The Balaban J connectivity index is 1.23. The van der Waals surface area contributed by atoms with E-state index in [1.165, 1.54) is 5.56 Å². The molecular formula is C24H29N5O. The third kappa shape index (κ3) is 4.05. The zero-order valence-electron chi connectivity index (χ0n) is 17.3. The Morgan fingerprint density at radius 3 is 2.73 bits per heavy atom. The molecule has 0 bridgehead atoms. The second-order valence-corrected chi connectivity index (χ2v) is 8.50. The van der Waals surface area contributed by atoms with Crippen molar-refractivity contribution in [2.75, 3.05) is 24.5 Å². The van der Waals surface area contributed by atoms with Crippen LogP contribution in [0.4, 0.5) is 5.95 Å². The van der Waals surface area contributed by atoms with Crippen LogP contribution in [0, 0.1) is 0 Å². The number of carbonyl (C=O) groups is 1. The molecule has 3 heterocycles. The molecule has 0 spiro atoms. The number of amides is 1. The fraction of sp³-hybridized carbons (Fsp3) is 0.417. The van der Waals surface area contributed by atoms with Gasteiger partial charge >= 0.3 is 0 Å². The van der Waals surface area contributed by atoms with Gasteiger partial charge in [-0.25, -0.2) is 4.98 Å². The van der Waals surface area contributed by atoms with Crippen LogP contribution in [0.1, 0.15) is 31.2 Å². The molecule has 0 aliphatic carbocycles. The summed E-state index contributed by atoms with van der Waals surface area (Å²) in [6.45, 7) is 3.75. The molecule has 0 radical (unpaired) electrons. The molecule has 2 saturated heterocycles. The van der Waals surface area contributed by atoms with Crippen LogP contribution >= 0.6 is 0 Å². The van der Waals surface area contributed by atoms with Gasteiger partial charge in [-0.15, -0.1) is 0 Å². The van der Waals surface area contributed by atoms with Crippen molar-refractivity contribution >= 4 is 22.9 Å². The van der Waals surface area contributed by atoms with Gasteiger partial charge in [0.25, 0.3) is 0 Å². The molecule has 2 aliphatic heterocycles. The average molecular weight is 404 g/mol. The Morgan fingerprint density at radius 2 is 1.87 bits per heavy atom. The van der Waals surface area contributed by atoms with Gasteiger partial charge in [0.15, 0.2) is 0 Å². The zero-order chi connectivity index (χ0) is 20.3. The number of aromatic nitrogens is 2. The summed E-state index contributed by atoms with van der Waals surface area (Å²) >= 11 is 0. The van der Waals surface area contributed by atoms with Crippen LogP contribution < -0.4 is 10.2 Å². The number of likely N-dealkylation sites (tertiary alicyclic amines) is 1. The molecule has 0 saturated carbocycles. The van der Waals surface area contributed by atoms with E-state index in [4.69, 9.17) is 4.98 Å². The molecule has 3 aromatic rings. The van der Waals surface area contributed by atoms with Crippen molar-refractivity contribution in [3.8, 4) is 0 Å². The smallest absolute Gasteiger partial charge is 0.243 e. The molecule has 1 amide bonds. The molecule has 2 N–H and O–H groups in total. The molecule has 6 nitrogen and oxygen atoms in total. The number of fused-ring (bicyclic) bond motifs is 1. The van der Waals surface area contributed by atoms with Crippen molar-refractivity contribution in [3.63, 3.8) is 0 Å². The number of hydrogen-bond acceptors (Lipinski definition) is 4. The number of hydrogen-bond donors (Lipinski definition) is 2. The standard InChI is InChI=1S/C24H29N5O/c30-23(25-19-13-15-28(17-19)16-18-8-2-1-3-9-18)22-12-6-7-14-29(22)24-26-20-10-4-5-11-21(20)27-24/h1-5,8-11,19,22H,6-7,12-17H2,(H,25,30)(H,26,27)/t19-,22-/m0/s1. The molecule has 0 unspecified atom stereocenters. The number of nitrogens with one attached hydrogen (secondary N) is 2. The molecule has 2 atom stereocenters. The van der Waals surface area contributed by atoms with E-state index in [1.807, 2.05) is 24.3 Å². The van der Waals surface area contributed by atoms with Gasteiger partial charge in [-0.2, -0.15) is 0 Å². The lowest BCUT2D eigenvalue weighted by molar-refractivity contribution is -0.123. The quantitative estimate of drug-likeness (QED) is 0.686. The highest BCUT2D eigenvalue weighted by atomic mass is 16.2. The first kappa shape index (κ1) is 19.1. The molecule has 2 aromatic carbocycles. The first-order valence-electron chi connectivity index (χ1n) is 11.0. The Morgan fingerprint density at radius 1 is 1.03 bits per heavy atom. The Hall–Kier alpha value is -2.86. The van der Waals surface area contributed by atoms with Crippen LogP contribution in [0.5, 0.6) is 0 Å². The van der Waals surface area contributed by atoms with E-state index in [1.54, 1.807) is 0 Å². The highest BCUT2D eigenvalue weighted by molar-refractivity contribution is 5.86. The van der Waals surface area contributed by atoms with Gasteiger partial charge in [0.1, 0.15) is 6.04 Å². The first-order valence-corrected chi connectivity index (χ1v) is 11.0. The summed E-state index contributed by atoms with van der Waals surface area (Å²) in [5.41, 5.74) is 3.29. The topological polar surface area (TPSA) is 64.3 Å². The minimum Gasteiger partial charge on any atom is -0.350 e. The minimum absolute atomic E-state index is 0.140. The van der Waals surface area contributed by atoms with E-state index in [2.05, 4.69) is 50.4 Å². The summed E-state index contributed by atoms with van der Waals surface area (Å²) in [4.78, 5) is 25.9. The van der Waals surface area contributed by atoms with Crippen LogP contribution in [-0.4, -0.2) is 52.5 Å². The first-order chi connectivity index (χ1) is 14.8. The lowest BCUT2D eigenvalue weighted by Crippen LogP contribution is -2.52. The van der Waals surface area contributed by atoms with Crippen LogP contribution in [0.2, 0.25) is 0 Å². The van der Waals surface area contributed by atoms with E-state index < -0.39 is 0 Å². The SMILES string of the molecule is O=C(N[C@H]1CCN(Cc2ccccc2)C1)[C@@H]1CCCCN1c1nc2ccccc2[nH]1. The number of imidazole rings is 1. The van der Waals surface area contributed by atoms with Gasteiger partial charge in [-0.1, -0.05) is 42.5 Å². The van der Waals surface area contributed by atoms with Gasteiger partial charge in [0, 0.05) is 32.2 Å². The highest BCUT2D eigenvalue weighted by Gasteiger charge is 2.33. The lowest BCUT2D eigenvalue weighted by Gasteiger charge is -2.35. The fourth-order valence-corrected chi connectivity index (χ4v) is 4.77. The lowest BCUT2D eigenvalue weighted by atomic mass is 10.0. The van der Waals surface area contributed by atoms with E-state index in [-0.39, 0.29) is 18.0 Å². The van der Waals surface area contributed by atoms with E-state index >= 15 is 0 Å². The molecule has 2 aliphatic rings. The number of carbonyl (C=O) groups excluding carboxylic acids is 1. The summed E-state index contributed by atoms with van der Waals surface area (Å²) < 4.78 is 0. The monoisotopic (exact) mass is 403 g/mol. The number of aromatic amines is 1. The Bertz CT molecular complexity index is 968. The number of para-hydroxylation sites is 2. The summed E-state index contributed by atoms with van der Waals surface area (Å²) in [7, 11) is 0. The molecule has 5 rings (SSSR count). The van der Waals surface area contributed by atoms with Gasteiger partial charge in [0.2, 0.25) is 11.9 Å². The number of piperidine rings is 1. The van der Waals surface area contributed by atoms with Crippen LogP contribution in [0.15, 0.2) is 54.6 Å². The number of benzene rings is 2. The third-order valence-corrected chi connectivity index (χ3v) is 6.32. The zero-order valence-corrected chi connectivity index (χ0v) is 17.3. The van der Waals surface area contributed by atoms with Gasteiger partial charge in [0.05, 0.1) is 11.0 Å². The molecule has 30 heavy (non-hydrogen) atoms. The minimum atomic E-state index is -0.150. The predicted molar refractivity (Wildman–Crippen MR) is 119 cm³/mol. The van der Waals surface area contributed by atoms with Gasteiger partial charge < -0.3 is 15.2 Å². The van der Waals surface area contributed by atoms with Crippen molar-refractivity contribution in [2.24, 2.45) is 0 Å². The average Bonchev–Trinajstić information content (AvgIpc) is 3.41. The fourth-order valence-electron chi connectivity index (χ4n) is 4.77. The normalized spacial score (nSPS) is 22.5. The van der Waals surface area contributed by atoms with Crippen LogP contribution in [0.25, 0.3) is 11.0 Å². The second kappa shape index (κ2) is 8.48. The maximum Gasteiger partial charge on any atom is 0.243 e. The van der Waals surface area contributed by atoms with Crippen molar-refractivity contribution in [3.05, 3.63) is 60.2 Å². The molecule has 2 fully saturated rings. The van der Waals surface area contributed by atoms with Crippen LogP contribution in [-0.2, 0) is 11.3 Å². The molecular weight excluding hydrogens is 374 g/mol. The van der Waals surface area contributed by atoms with E-state index in [0.717, 1.165) is 68.8 Å². The van der Waals surface area contributed by atoms with Crippen molar-refractivity contribution in [1.82, 2.24) is 20.2 Å². The summed E-state index contributed by atoms with van der Waals surface area (Å²) in [5.74, 6) is 0.954. The van der Waals surface area contributed by atoms with E-state index in [9.17, 15) is 4.79 Å². The highest BCUT2D eigenvalue weighted by Crippen LogP contribution is 2.25. The maximum atomic E-state index is 13.2. The summed E-state index contributed by atoms with van der Waals surface area (Å²) in [5, 5.41) is 3.33. The number of anilines is 1. The Kier molecular flexibility index (Phi) is 5.41. The van der Waals surface area contributed by atoms with Crippen molar-refractivity contribution in [1.29, 1.82) is 0 Å². The predicted octanol–water partition coefficient (Wildman–Crippen LogP) is 3.31. The molecule has 1 aromatic heterocycles. The number of H-pyrrole nitrogens is 1. The van der Waals surface area contributed by atoms with Crippen molar-refractivity contribution in [2.45, 2.75) is 44.3 Å². The Labute approximate surface area is 177 Å². The molecule has 6 heteroatoms. The van der Waals surface area contributed by atoms with Gasteiger partial charge in [-0.3, -0.25) is 9.69 Å². The van der Waals surface area contributed by atoms with Crippen molar-refractivity contribution < 1.29 is 4.79 Å². The van der Waals surface area contributed by atoms with E-state index in [0.29, 0.717) is 0 Å². The largest absolute Gasteiger partial charge is 0.350 e. The second-order valence-electron chi connectivity index (χ2n) is 8.50. The molecule has 156 valence electrons. The van der Waals surface area contributed by atoms with Gasteiger partial charge in [-0.05, 0) is 43.4 Å².